The van der Waals surface area contributed by atoms with Gasteiger partial charge in [-0.2, -0.15) is 0 Å². The van der Waals surface area contributed by atoms with Crippen LogP contribution in [0, 0.1) is 0 Å². The maximum atomic E-state index is 12.7. The van der Waals surface area contributed by atoms with Crippen LogP contribution in [0.2, 0.25) is 0 Å². The topological polar surface area (TPSA) is 92.3 Å². The Balaban J connectivity index is 1.34. The van der Waals surface area contributed by atoms with Crippen molar-refractivity contribution in [1.82, 2.24) is 0 Å². The molecule has 6 heteroatoms. The van der Waals surface area contributed by atoms with Gasteiger partial charge in [0.25, 0.3) is 11.8 Å². The van der Waals surface area contributed by atoms with E-state index in [1.54, 1.807) is 48.5 Å². The Hall–Kier alpha value is -4.84. The Morgan fingerprint density at radius 1 is 0.512 bits per heavy atom. The molecule has 0 radical (unpaired) electrons. The fraction of sp³-hybridized carbons (Fsp3) is 0.200. The number of amides is 2. The maximum Gasteiger partial charge on any atom is 0.255 e. The lowest BCUT2D eigenvalue weighted by molar-refractivity contribution is 0.101. The molecule has 0 atom stereocenters. The molecule has 0 spiro atoms. The van der Waals surface area contributed by atoms with Gasteiger partial charge >= 0.3 is 0 Å². The smallest absolute Gasteiger partial charge is 0.255 e. The molecule has 206 valence electrons. The Bertz CT molecular complexity index is 1400. The zero-order valence-electron chi connectivity index (χ0n) is 22.8. The molecule has 0 aromatic heterocycles. The van der Waals surface area contributed by atoms with Gasteiger partial charge in [-0.25, -0.2) is 0 Å². The molecule has 1 fully saturated rings. The normalized spacial score (nSPS) is 14.3. The number of carbonyl (C=O) groups excluding carboxylic acids is 4. The van der Waals surface area contributed by atoms with Crippen LogP contribution in [0.1, 0.15) is 91.1 Å². The van der Waals surface area contributed by atoms with E-state index >= 15 is 0 Å². The van der Waals surface area contributed by atoms with E-state index in [4.69, 9.17) is 0 Å². The zero-order valence-corrected chi connectivity index (χ0v) is 22.8. The highest BCUT2D eigenvalue weighted by atomic mass is 16.2. The fourth-order valence-electron chi connectivity index (χ4n) is 5.65. The SMILES string of the molecule is O=Cc1ccc(C(=O)Nc2ccc(C3(c4ccc(NC(=O)c5ccc(C=O)cc5)cc4)CCCCCC3)cc2)cc1. The number of benzene rings is 4. The number of anilines is 2. The Labute approximate surface area is 239 Å². The monoisotopic (exact) mass is 544 g/mol. The standard InChI is InChI=1S/C35H32N2O4/c38-23-25-5-9-27(10-6-25)33(40)36-31-17-13-29(14-18-31)35(21-3-1-2-4-22-35)30-15-19-32(20-16-30)37-34(41)28-11-7-26(24-39)8-12-28/h5-20,23-24H,1-4,21-22H2,(H,36,40)(H,37,41). The van der Waals surface area contributed by atoms with Crippen molar-refractivity contribution < 1.29 is 19.2 Å². The van der Waals surface area contributed by atoms with Gasteiger partial charge in [0.15, 0.2) is 0 Å². The van der Waals surface area contributed by atoms with Crippen molar-refractivity contribution >= 4 is 35.8 Å². The third-order valence-corrected chi connectivity index (χ3v) is 7.97. The van der Waals surface area contributed by atoms with E-state index in [0.29, 0.717) is 33.6 Å². The summed E-state index contributed by atoms with van der Waals surface area (Å²) in [5.41, 5.74) is 5.72. The minimum atomic E-state index is -0.225. The molecule has 0 bridgehead atoms. The summed E-state index contributed by atoms with van der Waals surface area (Å²) in [6, 6.07) is 29.3. The lowest BCUT2D eigenvalue weighted by Gasteiger charge is -2.34. The first-order valence-electron chi connectivity index (χ1n) is 13.9. The Morgan fingerprint density at radius 2 is 0.878 bits per heavy atom. The predicted molar refractivity (Wildman–Crippen MR) is 161 cm³/mol. The second-order valence-electron chi connectivity index (χ2n) is 10.5. The van der Waals surface area contributed by atoms with Gasteiger partial charge in [-0.1, -0.05) is 74.2 Å². The number of rotatable bonds is 8. The highest BCUT2D eigenvalue weighted by molar-refractivity contribution is 6.05. The highest BCUT2D eigenvalue weighted by Crippen LogP contribution is 2.44. The number of carbonyl (C=O) groups is 4. The van der Waals surface area contributed by atoms with Gasteiger partial charge < -0.3 is 10.6 Å². The Kier molecular flexibility index (Phi) is 8.49. The van der Waals surface area contributed by atoms with Crippen LogP contribution in [-0.4, -0.2) is 24.4 Å². The van der Waals surface area contributed by atoms with Crippen molar-refractivity contribution in [2.24, 2.45) is 0 Å². The second-order valence-corrected chi connectivity index (χ2v) is 10.5. The molecule has 0 saturated heterocycles. The van der Waals surface area contributed by atoms with E-state index in [1.165, 1.54) is 24.0 Å². The molecule has 4 aromatic carbocycles. The molecule has 5 rings (SSSR count). The summed E-state index contributed by atoms with van der Waals surface area (Å²) < 4.78 is 0. The molecular formula is C35H32N2O4. The van der Waals surface area contributed by atoms with Gasteiger partial charge in [0.2, 0.25) is 0 Å². The van der Waals surface area contributed by atoms with Crippen molar-refractivity contribution in [3.63, 3.8) is 0 Å². The van der Waals surface area contributed by atoms with Crippen LogP contribution in [0.5, 0.6) is 0 Å². The van der Waals surface area contributed by atoms with Crippen molar-refractivity contribution in [2.45, 2.75) is 43.9 Å². The second kappa shape index (κ2) is 12.6. The van der Waals surface area contributed by atoms with E-state index < -0.39 is 0 Å². The zero-order chi connectivity index (χ0) is 28.7. The van der Waals surface area contributed by atoms with E-state index in [9.17, 15) is 19.2 Å². The summed E-state index contributed by atoms with van der Waals surface area (Å²) in [4.78, 5) is 47.2. The summed E-state index contributed by atoms with van der Waals surface area (Å²) in [7, 11) is 0. The largest absolute Gasteiger partial charge is 0.322 e. The maximum absolute atomic E-state index is 12.7. The average molecular weight is 545 g/mol. The number of aldehydes is 2. The molecule has 1 aliphatic rings. The average Bonchev–Trinajstić information content (AvgIpc) is 3.29. The van der Waals surface area contributed by atoms with E-state index in [1.807, 2.05) is 24.3 Å². The molecule has 1 saturated carbocycles. The third kappa shape index (κ3) is 6.33. The molecule has 4 aromatic rings. The molecule has 0 unspecified atom stereocenters. The third-order valence-electron chi connectivity index (χ3n) is 7.97. The van der Waals surface area contributed by atoms with Crippen LogP contribution in [0.3, 0.4) is 0 Å². The summed E-state index contributed by atoms with van der Waals surface area (Å²) >= 11 is 0. The molecule has 0 aliphatic heterocycles. The lowest BCUT2D eigenvalue weighted by Crippen LogP contribution is -2.27. The first kappa shape index (κ1) is 27.7. The van der Waals surface area contributed by atoms with Gasteiger partial charge in [-0.3, -0.25) is 19.2 Å². The number of hydrogen-bond donors (Lipinski definition) is 2. The summed E-state index contributed by atoms with van der Waals surface area (Å²) in [6.45, 7) is 0. The van der Waals surface area contributed by atoms with E-state index in [0.717, 1.165) is 38.3 Å². The van der Waals surface area contributed by atoms with Crippen molar-refractivity contribution in [3.8, 4) is 0 Å². The first-order valence-corrected chi connectivity index (χ1v) is 13.9. The molecule has 0 heterocycles. The first-order chi connectivity index (χ1) is 20.0. The van der Waals surface area contributed by atoms with Crippen LogP contribution in [0.4, 0.5) is 11.4 Å². The van der Waals surface area contributed by atoms with Crippen LogP contribution < -0.4 is 10.6 Å². The van der Waals surface area contributed by atoms with Crippen molar-refractivity contribution in [3.05, 3.63) is 130 Å². The lowest BCUT2D eigenvalue weighted by atomic mass is 9.69. The highest BCUT2D eigenvalue weighted by Gasteiger charge is 2.34. The van der Waals surface area contributed by atoms with Crippen LogP contribution in [-0.2, 0) is 5.41 Å². The molecule has 2 N–H and O–H groups in total. The number of nitrogens with one attached hydrogen (secondary N) is 2. The molecule has 2 amide bonds. The minimum absolute atomic E-state index is 0.156. The van der Waals surface area contributed by atoms with E-state index in [2.05, 4.69) is 34.9 Å². The van der Waals surface area contributed by atoms with Gasteiger partial charge in [0.05, 0.1) is 0 Å². The molecule has 6 nitrogen and oxygen atoms in total. The fourth-order valence-corrected chi connectivity index (χ4v) is 5.65. The molecular weight excluding hydrogens is 512 g/mol. The number of hydrogen-bond acceptors (Lipinski definition) is 4. The minimum Gasteiger partial charge on any atom is -0.322 e. The predicted octanol–water partition coefficient (Wildman–Crippen LogP) is 7.46. The Morgan fingerprint density at radius 3 is 1.22 bits per heavy atom. The summed E-state index contributed by atoms with van der Waals surface area (Å²) in [5, 5.41) is 5.90. The quantitative estimate of drug-likeness (QED) is 0.178. The van der Waals surface area contributed by atoms with Crippen molar-refractivity contribution in [1.29, 1.82) is 0 Å². The van der Waals surface area contributed by atoms with E-state index in [-0.39, 0.29) is 17.2 Å². The van der Waals surface area contributed by atoms with Crippen molar-refractivity contribution in [2.75, 3.05) is 10.6 Å². The van der Waals surface area contributed by atoms with Gasteiger partial charge in [-0.05, 0) is 72.5 Å². The van der Waals surface area contributed by atoms with Gasteiger partial charge in [-0.15, -0.1) is 0 Å². The molecule has 41 heavy (non-hydrogen) atoms. The van der Waals surface area contributed by atoms with Gasteiger partial charge in [0.1, 0.15) is 12.6 Å². The summed E-state index contributed by atoms with van der Waals surface area (Å²) in [5.74, 6) is -0.451. The van der Waals surface area contributed by atoms with Crippen LogP contribution in [0.15, 0.2) is 97.1 Å². The summed E-state index contributed by atoms with van der Waals surface area (Å²) in [6.07, 6.45) is 8.22. The van der Waals surface area contributed by atoms with Crippen LogP contribution >= 0.6 is 0 Å². The van der Waals surface area contributed by atoms with Gasteiger partial charge in [0, 0.05) is 39.0 Å². The molecule has 1 aliphatic carbocycles. The van der Waals surface area contributed by atoms with Crippen LogP contribution in [0.25, 0.3) is 0 Å².